The number of amides is 1. The molecule has 1 atom stereocenters. The lowest BCUT2D eigenvalue weighted by Gasteiger charge is -2.15. The summed E-state index contributed by atoms with van der Waals surface area (Å²) in [7, 11) is 0. The number of carbonyl (C=O) groups excluding carboxylic acids is 1. The van der Waals surface area contributed by atoms with Crippen LogP contribution in [0.15, 0.2) is 66.7 Å². The SMILES string of the molecule is C[C@H](Oc1ccccc1Cl)C(=O)NCc1ccc2ccccc2c1. The van der Waals surface area contributed by atoms with Crippen LogP contribution < -0.4 is 10.1 Å². The molecule has 3 nitrogen and oxygen atoms in total. The van der Waals surface area contributed by atoms with Crippen LogP contribution in [0, 0.1) is 0 Å². The van der Waals surface area contributed by atoms with E-state index in [1.165, 1.54) is 5.39 Å². The average Bonchev–Trinajstić information content (AvgIpc) is 2.61. The summed E-state index contributed by atoms with van der Waals surface area (Å²) in [4.78, 5) is 12.2. The molecule has 3 aromatic rings. The van der Waals surface area contributed by atoms with Gasteiger partial charge in [-0.05, 0) is 41.5 Å². The predicted molar refractivity (Wildman–Crippen MR) is 97.3 cm³/mol. The topological polar surface area (TPSA) is 38.3 Å². The minimum atomic E-state index is -0.620. The molecule has 0 aliphatic heterocycles. The van der Waals surface area contributed by atoms with Crippen molar-refractivity contribution in [2.24, 2.45) is 0 Å². The first-order valence-corrected chi connectivity index (χ1v) is 8.18. The van der Waals surface area contributed by atoms with Gasteiger partial charge in [-0.15, -0.1) is 0 Å². The third-order valence-electron chi connectivity index (χ3n) is 3.79. The molecule has 0 aromatic heterocycles. The first-order chi connectivity index (χ1) is 11.6. The highest BCUT2D eigenvalue weighted by Crippen LogP contribution is 2.24. The Kier molecular flexibility index (Phi) is 5.02. The third kappa shape index (κ3) is 3.87. The van der Waals surface area contributed by atoms with E-state index in [0.717, 1.165) is 10.9 Å². The Labute approximate surface area is 146 Å². The molecular formula is C20H18ClNO2. The molecule has 122 valence electrons. The van der Waals surface area contributed by atoms with Crippen molar-refractivity contribution in [3.05, 3.63) is 77.3 Å². The molecule has 0 aliphatic rings. The minimum Gasteiger partial charge on any atom is -0.479 e. The van der Waals surface area contributed by atoms with E-state index in [0.29, 0.717) is 17.3 Å². The Morgan fingerprint density at radius 3 is 2.54 bits per heavy atom. The molecule has 3 aromatic carbocycles. The maximum absolute atomic E-state index is 12.2. The van der Waals surface area contributed by atoms with Crippen molar-refractivity contribution in [3.63, 3.8) is 0 Å². The van der Waals surface area contributed by atoms with Crippen molar-refractivity contribution in [1.82, 2.24) is 5.32 Å². The van der Waals surface area contributed by atoms with Crippen LogP contribution in [-0.2, 0) is 11.3 Å². The monoisotopic (exact) mass is 339 g/mol. The van der Waals surface area contributed by atoms with Crippen molar-refractivity contribution < 1.29 is 9.53 Å². The number of hydrogen-bond acceptors (Lipinski definition) is 2. The van der Waals surface area contributed by atoms with Crippen molar-refractivity contribution in [2.75, 3.05) is 0 Å². The number of nitrogens with one attached hydrogen (secondary N) is 1. The van der Waals surface area contributed by atoms with Crippen LogP contribution in [0.2, 0.25) is 5.02 Å². The normalized spacial score (nSPS) is 11.9. The number of fused-ring (bicyclic) bond motifs is 1. The fourth-order valence-corrected chi connectivity index (χ4v) is 2.65. The van der Waals surface area contributed by atoms with Crippen LogP contribution in [0.25, 0.3) is 10.8 Å². The number of para-hydroxylation sites is 1. The van der Waals surface area contributed by atoms with E-state index in [2.05, 4.69) is 29.6 Å². The molecule has 1 N–H and O–H groups in total. The van der Waals surface area contributed by atoms with Gasteiger partial charge in [-0.2, -0.15) is 0 Å². The van der Waals surface area contributed by atoms with Gasteiger partial charge in [0.1, 0.15) is 5.75 Å². The van der Waals surface area contributed by atoms with E-state index in [4.69, 9.17) is 16.3 Å². The van der Waals surface area contributed by atoms with Crippen molar-refractivity contribution in [2.45, 2.75) is 19.6 Å². The largest absolute Gasteiger partial charge is 0.479 e. The van der Waals surface area contributed by atoms with Gasteiger partial charge in [0, 0.05) is 6.54 Å². The molecule has 4 heteroatoms. The molecule has 0 spiro atoms. The van der Waals surface area contributed by atoms with Gasteiger partial charge in [0.15, 0.2) is 6.10 Å². The maximum Gasteiger partial charge on any atom is 0.261 e. The van der Waals surface area contributed by atoms with Gasteiger partial charge in [0.2, 0.25) is 0 Å². The molecule has 0 unspecified atom stereocenters. The van der Waals surface area contributed by atoms with Crippen LogP contribution in [0.1, 0.15) is 12.5 Å². The van der Waals surface area contributed by atoms with E-state index >= 15 is 0 Å². The van der Waals surface area contributed by atoms with Gasteiger partial charge in [-0.25, -0.2) is 0 Å². The molecule has 1 amide bonds. The first kappa shape index (κ1) is 16.3. The van der Waals surface area contributed by atoms with Crippen molar-refractivity contribution >= 4 is 28.3 Å². The van der Waals surface area contributed by atoms with Gasteiger partial charge in [-0.3, -0.25) is 4.79 Å². The summed E-state index contributed by atoms with van der Waals surface area (Å²) in [6.07, 6.45) is -0.620. The summed E-state index contributed by atoms with van der Waals surface area (Å²) in [6, 6.07) is 21.4. The number of ether oxygens (including phenoxy) is 1. The lowest BCUT2D eigenvalue weighted by Crippen LogP contribution is -2.35. The van der Waals surface area contributed by atoms with Crippen LogP contribution in [0.3, 0.4) is 0 Å². The van der Waals surface area contributed by atoms with Gasteiger partial charge in [0.25, 0.3) is 5.91 Å². The summed E-state index contributed by atoms with van der Waals surface area (Å²) < 4.78 is 5.62. The zero-order valence-electron chi connectivity index (χ0n) is 13.3. The standard InChI is InChI=1S/C20H18ClNO2/c1-14(24-19-9-5-4-8-18(19)21)20(23)22-13-15-10-11-16-6-2-3-7-17(16)12-15/h2-12,14H,13H2,1H3,(H,22,23)/t14-/m0/s1. The fraction of sp³-hybridized carbons (Fsp3) is 0.150. The Hall–Kier alpha value is -2.52. The Balaban J connectivity index is 1.60. The van der Waals surface area contributed by atoms with E-state index in [1.54, 1.807) is 19.1 Å². The molecular weight excluding hydrogens is 322 g/mol. The zero-order chi connectivity index (χ0) is 16.9. The van der Waals surface area contributed by atoms with Crippen LogP contribution in [0.4, 0.5) is 0 Å². The smallest absolute Gasteiger partial charge is 0.261 e. The Morgan fingerprint density at radius 1 is 1.04 bits per heavy atom. The van der Waals surface area contributed by atoms with Crippen molar-refractivity contribution in [1.29, 1.82) is 0 Å². The highest BCUT2D eigenvalue weighted by molar-refractivity contribution is 6.32. The number of carbonyl (C=O) groups is 1. The molecule has 3 rings (SSSR count). The van der Waals surface area contributed by atoms with Crippen LogP contribution in [0.5, 0.6) is 5.75 Å². The summed E-state index contributed by atoms with van der Waals surface area (Å²) in [5.74, 6) is 0.329. The van der Waals surface area contributed by atoms with Gasteiger partial charge < -0.3 is 10.1 Å². The van der Waals surface area contributed by atoms with Crippen LogP contribution in [-0.4, -0.2) is 12.0 Å². The second-order valence-corrected chi connectivity index (χ2v) is 6.00. The maximum atomic E-state index is 12.2. The van der Waals surface area contributed by atoms with E-state index in [1.807, 2.05) is 30.3 Å². The van der Waals surface area contributed by atoms with Gasteiger partial charge in [-0.1, -0.05) is 60.1 Å². The minimum absolute atomic E-state index is 0.178. The predicted octanol–water partition coefficient (Wildman–Crippen LogP) is 4.58. The third-order valence-corrected chi connectivity index (χ3v) is 4.10. The number of benzene rings is 3. The summed E-state index contributed by atoms with van der Waals surface area (Å²) in [5.41, 5.74) is 1.05. The molecule has 0 bridgehead atoms. The fourth-order valence-electron chi connectivity index (χ4n) is 2.47. The average molecular weight is 340 g/mol. The molecule has 0 fully saturated rings. The lowest BCUT2D eigenvalue weighted by molar-refractivity contribution is -0.127. The second kappa shape index (κ2) is 7.37. The van der Waals surface area contributed by atoms with E-state index in [9.17, 15) is 4.79 Å². The van der Waals surface area contributed by atoms with Crippen molar-refractivity contribution in [3.8, 4) is 5.75 Å². The molecule has 24 heavy (non-hydrogen) atoms. The Morgan fingerprint density at radius 2 is 1.75 bits per heavy atom. The Bertz CT molecular complexity index is 863. The first-order valence-electron chi connectivity index (χ1n) is 7.80. The molecule has 0 aliphatic carbocycles. The highest BCUT2D eigenvalue weighted by atomic mass is 35.5. The quantitative estimate of drug-likeness (QED) is 0.739. The number of hydrogen-bond donors (Lipinski definition) is 1. The van der Waals surface area contributed by atoms with Crippen LogP contribution >= 0.6 is 11.6 Å². The zero-order valence-corrected chi connectivity index (χ0v) is 14.1. The van der Waals surface area contributed by atoms with E-state index in [-0.39, 0.29) is 5.91 Å². The van der Waals surface area contributed by atoms with Gasteiger partial charge in [0.05, 0.1) is 5.02 Å². The molecule has 0 saturated heterocycles. The molecule has 0 saturated carbocycles. The number of rotatable bonds is 5. The summed E-state index contributed by atoms with van der Waals surface area (Å²) in [6.45, 7) is 2.17. The van der Waals surface area contributed by atoms with E-state index < -0.39 is 6.10 Å². The lowest BCUT2D eigenvalue weighted by atomic mass is 10.1. The molecule has 0 heterocycles. The highest BCUT2D eigenvalue weighted by Gasteiger charge is 2.15. The summed E-state index contributed by atoms with van der Waals surface area (Å²) >= 11 is 6.04. The van der Waals surface area contributed by atoms with Gasteiger partial charge >= 0.3 is 0 Å². The number of halogens is 1. The summed E-state index contributed by atoms with van der Waals surface area (Å²) in [5, 5.41) is 5.73. The second-order valence-electron chi connectivity index (χ2n) is 5.59. The molecule has 0 radical (unpaired) electrons.